The van der Waals surface area contributed by atoms with E-state index in [1.54, 1.807) is 6.92 Å². The molecule has 0 aliphatic rings. The van der Waals surface area contributed by atoms with Crippen molar-refractivity contribution in [2.45, 2.75) is 32.0 Å². The fourth-order valence-corrected chi connectivity index (χ4v) is 0.618. The van der Waals surface area contributed by atoms with Gasteiger partial charge < -0.3 is 15.3 Å². The normalized spacial score (nSPS) is 16.3. The summed E-state index contributed by atoms with van der Waals surface area (Å²) in [5, 5.41) is 25.7. The molecule has 0 heterocycles. The molecular weight excluding hydrogens is 136 g/mol. The number of carboxylic acid groups (broad SMARTS) is 1. The second-order valence-electron chi connectivity index (χ2n) is 2.14. The predicted octanol–water partition coefficient (Wildman–Crippen LogP) is -0.407. The first kappa shape index (κ1) is 9.39. The maximum Gasteiger partial charge on any atom is 0.335 e. The second kappa shape index (κ2) is 4.24. The number of carboxylic acids is 1. The first-order valence-electron chi connectivity index (χ1n) is 3.18. The van der Waals surface area contributed by atoms with Crippen LogP contribution in [0.3, 0.4) is 0 Å². The zero-order valence-electron chi connectivity index (χ0n) is 5.82. The Morgan fingerprint density at radius 2 is 2.00 bits per heavy atom. The van der Waals surface area contributed by atoms with E-state index in [2.05, 4.69) is 0 Å². The summed E-state index contributed by atoms with van der Waals surface area (Å²) in [6, 6.07) is 0. The molecule has 0 fully saturated rings. The van der Waals surface area contributed by atoms with Crippen LogP contribution in [0.1, 0.15) is 19.8 Å². The molecule has 3 N–H and O–H groups in total. The van der Waals surface area contributed by atoms with E-state index in [-0.39, 0.29) is 0 Å². The summed E-state index contributed by atoms with van der Waals surface area (Å²) in [5.41, 5.74) is 0. The Morgan fingerprint density at radius 3 is 2.30 bits per heavy atom. The third-order valence-corrected chi connectivity index (χ3v) is 1.20. The summed E-state index contributed by atoms with van der Waals surface area (Å²) < 4.78 is 0. The van der Waals surface area contributed by atoms with Crippen LogP contribution in [0.5, 0.6) is 0 Å². The van der Waals surface area contributed by atoms with Crippen molar-refractivity contribution in [3.8, 4) is 0 Å². The minimum Gasteiger partial charge on any atom is -0.479 e. The van der Waals surface area contributed by atoms with Gasteiger partial charge in [0, 0.05) is 0 Å². The molecule has 0 amide bonds. The van der Waals surface area contributed by atoms with E-state index in [1.165, 1.54) is 0 Å². The topological polar surface area (TPSA) is 77.8 Å². The van der Waals surface area contributed by atoms with Gasteiger partial charge in [-0.1, -0.05) is 13.3 Å². The van der Waals surface area contributed by atoms with Crippen molar-refractivity contribution < 1.29 is 20.1 Å². The summed E-state index contributed by atoms with van der Waals surface area (Å²) in [6.45, 7) is 1.80. The smallest absolute Gasteiger partial charge is 0.335 e. The van der Waals surface area contributed by atoms with Crippen LogP contribution in [-0.2, 0) is 4.79 Å². The molecule has 0 bridgehead atoms. The van der Waals surface area contributed by atoms with E-state index >= 15 is 0 Å². The number of hydrogen-bond donors (Lipinski definition) is 3. The van der Waals surface area contributed by atoms with Crippen molar-refractivity contribution in [3.05, 3.63) is 0 Å². The van der Waals surface area contributed by atoms with Crippen LogP contribution in [0.2, 0.25) is 0 Å². The number of aliphatic hydroxyl groups is 2. The Bertz CT molecular complexity index is 112. The summed E-state index contributed by atoms with van der Waals surface area (Å²) in [5.74, 6) is -1.37. The zero-order valence-corrected chi connectivity index (χ0v) is 5.82. The average molecular weight is 148 g/mol. The van der Waals surface area contributed by atoms with Crippen LogP contribution in [-0.4, -0.2) is 33.5 Å². The third kappa shape index (κ3) is 2.80. The van der Waals surface area contributed by atoms with Gasteiger partial charge in [0.1, 0.15) is 0 Å². The van der Waals surface area contributed by atoms with E-state index in [0.29, 0.717) is 12.8 Å². The fraction of sp³-hybridized carbons (Fsp3) is 0.833. The lowest BCUT2D eigenvalue weighted by Gasteiger charge is -2.11. The molecule has 0 aliphatic carbocycles. The van der Waals surface area contributed by atoms with Gasteiger partial charge in [-0.25, -0.2) is 4.79 Å². The van der Waals surface area contributed by atoms with Gasteiger partial charge in [0.15, 0.2) is 6.10 Å². The summed E-state index contributed by atoms with van der Waals surface area (Å²) >= 11 is 0. The van der Waals surface area contributed by atoms with Gasteiger partial charge in [0.25, 0.3) is 0 Å². The van der Waals surface area contributed by atoms with Crippen molar-refractivity contribution in [2.75, 3.05) is 0 Å². The van der Waals surface area contributed by atoms with E-state index in [1.807, 2.05) is 0 Å². The molecule has 0 aliphatic heterocycles. The van der Waals surface area contributed by atoms with Crippen molar-refractivity contribution in [1.29, 1.82) is 0 Å². The maximum absolute atomic E-state index is 10.0. The largest absolute Gasteiger partial charge is 0.479 e. The van der Waals surface area contributed by atoms with Gasteiger partial charge in [-0.05, 0) is 6.42 Å². The average Bonchev–Trinajstić information content (AvgIpc) is 1.87. The molecule has 0 spiro atoms. The van der Waals surface area contributed by atoms with E-state index < -0.39 is 18.2 Å². The van der Waals surface area contributed by atoms with Gasteiger partial charge in [-0.3, -0.25) is 0 Å². The van der Waals surface area contributed by atoms with E-state index in [9.17, 15) is 4.79 Å². The van der Waals surface area contributed by atoms with Crippen molar-refractivity contribution in [3.63, 3.8) is 0 Å². The van der Waals surface area contributed by atoms with E-state index in [4.69, 9.17) is 15.3 Å². The summed E-state index contributed by atoms with van der Waals surface area (Å²) in [7, 11) is 0. The summed E-state index contributed by atoms with van der Waals surface area (Å²) in [6.07, 6.45) is -1.80. The highest BCUT2D eigenvalue weighted by molar-refractivity contribution is 5.72. The zero-order chi connectivity index (χ0) is 8.15. The molecule has 2 atom stereocenters. The van der Waals surface area contributed by atoms with Gasteiger partial charge in [0.05, 0.1) is 6.10 Å². The van der Waals surface area contributed by atoms with Gasteiger partial charge in [-0.2, -0.15) is 0 Å². The Balaban J connectivity index is 3.69. The molecule has 0 rings (SSSR count). The second-order valence-corrected chi connectivity index (χ2v) is 2.14. The molecule has 0 saturated heterocycles. The van der Waals surface area contributed by atoms with Crippen LogP contribution >= 0.6 is 0 Å². The number of carbonyl (C=O) groups is 1. The highest BCUT2D eigenvalue weighted by Crippen LogP contribution is 2.01. The minimum atomic E-state index is -1.64. The van der Waals surface area contributed by atoms with Crippen LogP contribution in [0.15, 0.2) is 0 Å². The molecule has 0 radical (unpaired) electrons. The predicted molar refractivity (Wildman–Crippen MR) is 34.6 cm³/mol. The van der Waals surface area contributed by atoms with E-state index in [0.717, 1.165) is 0 Å². The monoisotopic (exact) mass is 148 g/mol. The Morgan fingerprint density at radius 1 is 1.50 bits per heavy atom. The van der Waals surface area contributed by atoms with Crippen molar-refractivity contribution in [1.82, 2.24) is 0 Å². The minimum absolute atomic E-state index is 0.313. The first-order valence-corrected chi connectivity index (χ1v) is 3.18. The third-order valence-electron chi connectivity index (χ3n) is 1.20. The maximum atomic E-state index is 10.0. The van der Waals surface area contributed by atoms with Crippen molar-refractivity contribution >= 4 is 5.97 Å². The highest BCUT2D eigenvalue weighted by Gasteiger charge is 2.21. The SMILES string of the molecule is CCCC(O)[C@@H](O)C(=O)O. The Hall–Kier alpha value is -0.610. The number of aliphatic carboxylic acids is 1. The lowest BCUT2D eigenvalue weighted by molar-refractivity contribution is -0.152. The number of aliphatic hydroxyl groups excluding tert-OH is 2. The molecule has 4 nitrogen and oxygen atoms in total. The van der Waals surface area contributed by atoms with Gasteiger partial charge in [-0.15, -0.1) is 0 Å². The molecule has 0 aromatic carbocycles. The van der Waals surface area contributed by atoms with Gasteiger partial charge in [0.2, 0.25) is 0 Å². The van der Waals surface area contributed by atoms with Crippen LogP contribution < -0.4 is 0 Å². The Labute approximate surface area is 59.1 Å². The fourth-order valence-electron chi connectivity index (χ4n) is 0.618. The van der Waals surface area contributed by atoms with Gasteiger partial charge >= 0.3 is 5.97 Å². The lowest BCUT2D eigenvalue weighted by atomic mass is 10.1. The highest BCUT2D eigenvalue weighted by atomic mass is 16.4. The molecule has 1 unspecified atom stereocenters. The molecule has 0 aromatic rings. The number of rotatable bonds is 4. The number of hydrogen-bond acceptors (Lipinski definition) is 3. The first-order chi connectivity index (χ1) is 4.59. The standard InChI is InChI=1S/C6H12O4/c1-2-3-4(7)5(8)6(9)10/h4-5,7-8H,2-3H2,1H3,(H,9,10)/t4?,5-/m1/s1. The quantitative estimate of drug-likeness (QED) is 0.506. The Kier molecular flexibility index (Phi) is 3.99. The van der Waals surface area contributed by atoms with Crippen LogP contribution in [0, 0.1) is 0 Å². The molecule has 0 saturated carbocycles. The summed E-state index contributed by atoms with van der Waals surface area (Å²) in [4.78, 5) is 10.0. The van der Waals surface area contributed by atoms with Crippen molar-refractivity contribution in [2.24, 2.45) is 0 Å². The van der Waals surface area contributed by atoms with Crippen LogP contribution in [0.4, 0.5) is 0 Å². The lowest BCUT2D eigenvalue weighted by Crippen LogP contribution is -2.33. The molecule has 4 heteroatoms. The van der Waals surface area contributed by atoms with Crippen LogP contribution in [0.25, 0.3) is 0 Å². The molecule has 60 valence electrons. The molecule has 10 heavy (non-hydrogen) atoms. The molecular formula is C6H12O4. The molecule has 0 aromatic heterocycles.